The van der Waals surface area contributed by atoms with E-state index in [-0.39, 0.29) is 5.41 Å². The Labute approximate surface area is 295 Å². The van der Waals surface area contributed by atoms with E-state index >= 15 is 0 Å². The van der Waals surface area contributed by atoms with Gasteiger partial charge in [-0.05, 0) is 86.6 Å². The molecule has 50 heavy (non-hydrogen) atoms. The van der Waals surface area contributed by atoms with Gasteiger partial charge in [0, 0.05) is 42.3 Å². The maximum Gasteiger partial charge on any atom is 0.160 e. The number of nitrogens with zero attached hydrogens (tertiary/aromatic N) is 2. The van der Waals surface area contributed by atoms with E-state index in [4.69, 9.17) is 9.97 Å². The van der Waals surface area contributed by atoms with Crippen LogP contribution < -0.4 is 0 Å². The minimum Gasteiger partial charge on any atom is -0.228 e. The van der Waals surface area contributed by atoms with E-state index in [0.717, 1.165) is 33.9 Å². The van der Waals surface area contributed by atoms with E-state index in [1.54, 1.807) is 0 Å². The van der Waals surface area contributed by atoms with Crippen molar-refractivity contribution in [3.05, 3.63) is 169 Å². The van der Waals surface area contributed by atoms with Gasteiger partial charge in [0.15, 0.2) is 5.82 Å². The molecular formula is C47H32N2S. The van der Waals surface area contributed by atoms with Crippen LogP contribution in [0.4, 0.5) is 0 Å². The molecule has 0 amide bonds. The third kappa shape index (κ3) is 4.54. The molecule has 3 heteroatoms. The lowest BCUT2D eigenvalue weighted by molar-refractivity contribution is 0.661. The van der Waals surface area contributed by atoms with Crippen molar-refractivity contribution in [2.45, 2.75) is 19.3 Å². The van der Waals surface area contributed by atoms with Crippen molar-refractivity contribution in [2.75, 3.05) is 0 Å². The maximum absolute atomic E-state index is 5.19. The fourth-order valence-corrected chi connectivity index (χ4v) is 8.99. The van der Waals surface area contributed by atoms with Crippen LogP contribution in [0, 0.1) is 0 Å². The molecule has 0 spiro atoms. The molecule has 0 unspecified atom stereocenters. The monoisotopic (exact) mass is 656 g/mol. The molecular weight excluding hydrogens is 625 g/mol. The smallest absolute Gasteiger partial charge is 0.160 e. The fraction of sp³-hybridized carbons (Fsp3) is 0.0638. The topological polar surface area (TPSA) is 25.8 Å². The second kappa shape index (κ2) is 11.1. The summed E-state index contributed by atoms with van der Waals surface area (Å²) in [6.45, 7) is 4.72. The molecule has 236 valence electrons. The molecule has 1 aliphatic carbocycles. The standard InChI is InChI=1S/C47H32N2S/c1-47(2)39-20-11-19-35(45(39)38-25-30-14-6-7-15-31(30)27-40(38)47)32-16-10-17-33(24-32)41-28-42(49-46(48-41)29-12-4-3-5-13-29)34-22-23-44-37(26-34)36-18-8-9-21-43(36)50-44/h3-28H,1-2H3. The number of hydrogen-bond acceptors (Lipinski definition) is 3. The average Bonchev–Trinajstić information content (AvgIpc) is 3.65. The SMILES string of the molecule is CC1(C)c2cc3ccccc3cc2-c2c(-c3cccc(-c4cc(-c5ccc6sc7ccccc7c6c5)nc(-c5ccccc5)n4)c3)cccc21. The highest BCUT2D eigenvalue weighted by Crippen LogP contribution is 2.53. The first-order valence-corrected chi connectivity index (χ1v) is 18.0. The zero-order valence-corrected chi connectivity index (χ0v) is 28.6. The van der Waals surface area contributed by atoms with E-state index in [0.29, 0.717) is 0 Å². The van der Waals surface area contributed by atoms with Gasteiger partial charge in [0.2, 0.25) is 0 Å². The molecule has 1 aliphatic rings. The number of rotatable bonds is 4. The van der Waals surface area contributed by atoms with E-state index in [9.17, 15) is 0 Å². The van der Waals surface area contributed by atoms with Gasteiger partial charge in [0.1, 0.15) is 0 Å². The molecule has 2 aromatic heterocycles. The van der Waals surface area contributed by atoms with Gasteiger partial charge in [-0.3, -0.25) is 0 Å². The van der Waals surface area contributed by atoms with Crippen molar-refractivity contribution in [2.24, 2.45) is 0 Å². The normalized spacial score (nSPS) is 13.2. The van der Waals surface area contributed by atoms with Crippen LogP contribution >= 0.6 is 11.3 Å². The Kier molecular flexibility index (Phi) is 6.43. The third-order valence-corrected chi connectivity index (χ3v) is 11.6. The minimum absolute atomic E-state index is 0.0939. The van der Waals surface area contributed by atoms with Crippen molar-refractivity contribution in [3.63, 3.8) is 0 Å². The van der Waals surface area contributed by atoms with Crippen LogP contribution in [0.15, 0.2) is 158 Å². The molecule has 0 atom stereocenters. The van der Waals surface area contributed by atoms with Gasteiger partial charge >= 0.3 is 0 Å². The van der Waals surface area contributed by atoms with Crippen molar-refractivity contribution < 1.29 is 0 Å². The first-order valence-electron chi connectivity index (χ1n) is 17.2. The third-order valence-electron chi connectivity index (χ3n) is 10.5. The van der Waals surface area contributed by atoms with Crippen molar-refractivity contribution in [1.29, 1.82) is 0 Å². The number of aromatic nitrogens is 2. The van der Waals surface area contributed by atoms with Crippen LogP contribution in [-0.2, 0) is 5.41 Å². The Bertz CT molecular complexity index is 2790. The zero-order chi connectivity index (χ0) is 33.4. The Morgan fingerprint density at radius 3 is 1.94 bits per heavy atom. The average molecular weight is 657 g/mol. The fourth-order valence-electron chi connectivity index (χ4n) is 7.90. The predicted molar refractivity (Wildman–Crippen MR) is 212 cm³/mol. The Morgan fingerprint density at radius 1 is 0.440 bits per heavy atom. The lowest BCUT2D eigenvalue weighted by Gasteiger charge is -2.22. The Hall–Kier alpha value is -5.90. The summed E-state index contributed by atoms with van der Waals surface area (Å²) in [5.74, 6) is 0.724. The van der Waals surface area contributed by atoms with E-state index in [1.807, 2.05) is 29.5 Å². The molecule has 2 heterocycles. The highest BCUT2D eigenvalue weighted by Gasteiger charge is 2.37. The van der Waals surface area contributed by atoms with Gasteiger partial charge < -0.3 is 0 Å². The lowest BCUT2D eigenvalue weighted by Crippen LogP contribution is -2.14. The summed E-state index contributed by atoms with van der Waals surface area (Å²) in [4.78, 5) is 10.3. The van der Waals surface area contributed by atoms with Crippen molar-refractivity contribution in [1.82, 2.24) is 9.97 Å². The van der Waals surface area contributed by atoms with Gasteiger partial charge in [0.25, 0.3) is 0 Å². The highest BCUT2D eigenvalue weighted by molar-refractivity contribution is 7.25. The molecule has 0 radical (unpaired) electrons. The first-order chi connectivity index (χ1) is 24.5. The summed E-state index contributed by atoms with van der Waals surface area (Å²) < 4.78 is 2.59. The molecule has 7 aromatic carbocycles. The van der Waals surface area contributed by atoms with Crippen LogP contribution in [-0.4, -0.2) is 9.97 Å². The Balaban J connectivity index is 1.14. The van der Waals surface area contributed by atoms with E-state index in [2.05, 4.69) is 153 Å². The van der Waals surface area contributed by atoms with Crippen molar-refractivity contribution in [3.8, 4) is 56.2 Å². The quantitative estimate of drug-likeness (QED) is 0.188. The van der Waals surface area contributed by atoms with E-state index < -0.39 is 0 Å². The van der Waals surface area contributed by atoms with Crippen LogP contribution in [0.5, 0.6) is 0 Å². The molecule has 0 bridgehead atoms. The van der Waals surface area contributed by atoms with Gasteiger partial charge in [0.05, 0.1) is 11.4 Å². The molecule has 0 N–H and O–H groups in total. The summed E-state index contributed by atoms with van der Waals surface area (Å²) in [6, 6.07) is 57.0. The van der Waals surface area contributed by atoms with Crippen LogP contribution in [0.2, 0.25) is 0 Å². The molecule has 0 saturated heterocycles. The summed E-state index contributed by atoms with van der Waals surface area (Å²) in [5.41, 5.74) is 12.7. The molecule has 0 aliphatic heterocycles. The zero-order valence-electron chi connectivity index (χ0n) is 27.8. The second-order valence-electron chi connectivity index (χ2n) is 13.8. The molecule has 0 saturated carbocycles. The number of fused-ring (bicyclic) bond motifs is 7. The largest absolute Gasteiger partial charge is 0.228 e. The molecule has 10 rings (SSSR count). The van der Waals surface area contributed by atoms with Gasteiger partial charge in [-0.15, -0.1) is 11.3 Å². The Morgan fingerprint density at radius 2 is 1.10 bits per heavy atom. The number of thiophene rings is 1. The van der Waals surface area contributed by atoms with E-state index in [1.165, 1.54) is 64.3 Å². The van der Waals surface area contributed by atoms with Crippen LogP contribution in [0.25, 0.3) is 87.1 Å². The van der Waals surface area contributed by atoms with Gasteiger partial charge in [-0.2, -0.15) is 0 Å². The summed E-state index contributed by atoms with van der Waals surface area (Å²) in [6.07, 6.45) is 0. The lowest BCUT2D eigenvalue weighted by atomic mass is 9.81. The minimum atomic E-state index is -0.0939. The van der Waals surface area contributed by atoms with Crippen LogP contribution in [0.1, 0.15) is 25.0 Å². The highest BCUT2D eigenvalue weighted by atomic mass is 32.1. The van der Waals surface area contributed by atoms with Gasteiger partial charge in [-0.1, -0.05) is 129 Å². The van der Waals surface area contributed by atoms with Crippen LogP contribution in [0.3, 0.4) is 0 Å². The summed E-state index contributed by atoms with van der Waals surface area (Å²) in [5, 5.41) is 5.11. The number of benzene rings is 7. The van der Waals surface area contributed by atoms with Crippen molar-refractivity contribution >= 4 is 42.3 Å². The summed E-state index contributed by atoms with van der Waals surface area (Å²) >= 11 is 1.84. The summed E-state index contributed by atoms with van der Waals surface area (Å²) in [7, 11) is 0. The maximum atomic E-state index is 5.19. The molecule has 0 fully saturated rings. The second-order valence-corrected chi connectivity index (χ2v) is 14.9. The molecule has 9 aromatic rings. The van der Waals surface area contributed by atoms with Gasteiger partial charge in [-0.25, -0.2) is 9.97 Å². The molecule has 2 nitrogen and oxygen atoms in total. The number of hydrogen-bond donors (Lipinski definition) is 0. The first kappa shape index (κ1) is 29.1. The predicted octanol–water partition coefficient (Wildman–Crippen LogP) is 13.0.